The Morgan fingerprint density at radius 1 is 1.23 bits per heavy atom. The normalized spacial score (nSPS) is 10.8. The van der Waals surface area contributed by atoms with Crippen molar-refractivity contribution in [1.29, 1.82) is 0 Å². The first-order valence-electron chi connectivity index (χ1n) is 6.94. The molecule has 0 bridgehead atoms. The summed E-state index contributed by atoms with van der Waals surface area (Å²) in [6.07, 6.45) is 2.11. The first-order chi connectivity index (χ1) is 10.6. The minimum absolute atomic E-state index is 0.272. The molecule has 0 fully saturated rings. The number of hydrogen-bond acceptors (Lipinski definition) is 5. The van der Waals surface area contributed by atoms with Crippen LogP contribution < -0.4 is 5.32 Å². The van der Waals surface area contributed by atoms with E-state index in [-0.39, 0.29) is 11.7 Å². The summed E-state index contributed by atoms with van der Waals surface area (Å²) in [5.74, 6) is 2.14. The van der Waals surface area contributed by atoms with Crippen molar-refractivity contribution >= 4 is 5.91 Å². The van der Waals surface area contributed by atoms with Gasteiger partial charge in [0.15, 0.2) is 5.76 Å². The Labute approximate surface area is 127 Å². The average molecular weight is 300 g/mol. The molecule has 22 heavy (non-hydrogen) atoms. The number of carbonyl (C=O) groups excluding carboxylic acids is 1. The zero-order chi connectivity index (χ0) is 15.5. The van der Waals surface area contributed by atoms with Crippen LogP contribution in [-0.2, 0) is 13.0 Å². The summed E-state index contributed by atoms with van der Waals surface area (Å²) in [5, 5.41) is 6.64. The predicted octanol–water partition coefficient (Wildman–Crippen LogP) is 3.00. The molecule has 6 nitrogen and oxygen atoms in total. The van der Waals surface area contributed by atoms with Gasteiger partial charge >= 0.3 is 0 Å². The largest absolute Gasteiger partial charge is 0.467 e. The molecule has 0 atom stereocenters. The second-order valence-electron chi connectivity index (χ2n) is 5.01. The number of hydrogen-bond donors (Lipinski definition) is 1. The molecule has 1 N–H and O–H groups in total. The molecule has 0 aliphatic rings. The fourth-order valence-corrected chi connectivity index (χ4v) is 2.19. The second kappa shape index (κ2) is 5.93. The van der Waals surface area contributed by atoms with E-state index in [4.69, 9.17) is 13.4 Å². The van der Waals surface area contributed by atoms with Gasteiger partial charge in [0.05, 0.1) is 18.5 Å². The van der Waals surface area contributed by atoms with E-state index in [2.05, 4.69) is 10.5 Å². The SMILES string of the molecule is Cc1noc(C)c1Cc1ccc(C(=O)NCc2ccco2)o1. The van der Waals surface area contributed by atoms with E-state index in [1.807, 2.05) is 13.8 Å². The highest BCUT2D eigenvalue weighted by Crippen LogP contribution is 2.19. The lowest BCUT2D eigenvalue weighted by Gasteiger charge is -2.00. The fraction of sp³-hybridized carbons (Fsp3) is 0.250. The quantitative estimate of drug-likeness (QED) is 0.783. The summed E-state index contributed by atoms with van der Waals surface area (Å²) in [6, 6.07) is 7.01. The maximum absolute atomic E-state index is 12.0. The molecular formula is C16H16N2O4. The van der Waals surface area contributed by atoms with E-state index in [9.17, 15) is 4.79 Å². The Morgan fingerprint density at radius 2 is 2.09 bits per heavy atom. The Balaban J connectivity index is 1.64. The van der Waals surface area contributed by atoms with Crippen LogP contribution in [0.25, 0.3) is 0 Å². The summed E-state index contributed by atoms with van der Waals surface area (Å²) in [7, 11) is 0. The first kappa shape index (κ1) is 14.2. The van der Waals surface area contributed by atoms with Crippen LogP contribution in [0.15, 0.2) is 43.9 Å². The molecule has 3 rings (SSSR count). The minimum Gasteiger partial charge on any atom is -0.467 e. The molecule has 0 aliphatic heterocycles. The molecule has 3 aromatic heterocycles. The molecule has 1 amide bonds. The smallest absolute Gasteiger partial charge is 0.287 e. The van der Waals surface area contributed by atoms with Crippen molar-refractivity contribution in [3.8, 4) is 0 Å². The zero-order valence-electron chi connectivity index (χ0n) is 12.4. The maximum Gasteiger partial charge on any atom is 0.287 e. The summed E-state index contributed by atoms with van der Waals surface area (Å²) in [6.45, 7) is 4.06. The van der Waals surface area contributed by atoms with Gasteiger partial charge in [-0.1, -0.05) is 5.16 Å². The molecule has 3 heterocycles. The van der Waals surface area contributed by atoms with Crippen LogP contribution in [-0.4, -0.2) is 11.1 Å². The van der Waals surface area contributed by atoms with Crippen molar-refractivity contribution in [1.82, 2.24) is 10.5 Å². The van der Waals surface area contributed by atoms with Gasteiger partial charge in [-0.25, -0.2) is 0 Å². The molecule has 0 spiro atoms. The molecule has 0 aliphatic carbocycles. The highest BCUT2D eigenvalue weighted by Gasteiger charge is 2.15. The highest BCUT2D eigenvalue weighted by molar-refractivity contribution is 5.91. The van der Waals surface area contributed by atoms with Crippen LogP contribution >= 0.6 is 0 Å². The van der Waals surface area contributed by atoms with Gasteiger partial charge in [0.2, 0.25) is 0 Å². The number of carbonyl (C=O) groups is 1. The van der Waals surface area contributed by atoms with Crippen LogP contribution in [0.1, 0.15) is 39.1 Å². The Bertz CT molecular complexity index is 749. The molecule has 0 saturated carbocycles. The van der Waals surface area contributed by atoms with E-state index in [1.165, 1.54) is 0 Å². The van der Waals surface area contributed by atoms with Crippen molar-refractivity contribution in [2.24, 2.45) is 0 Å². The van der Waals surface area contributed by atoms with Crippen molar-refractivity contribution in [3.63, 3.8) is 0 Å². The first-order valence-corrected chi connectivity index (χ1v) is 6.94. The van der Waals surface area contributed by atoms with Crippen LogP contribution in [0, 0.1) is 13.8 Å². The molecule has 3 aromatic rings. The lowest BCUT2D eigenvalue weighted by atomic mass is 10.1. The summed E-state index contributed by atoms with van der Waals surface area (Å²) >= 11 is 0. The summed E-state index contributed by atoms with van der Waals surface area (Å²) in [5.41, 5.74) is 1.81. The van der Waals surface area contributed by atoms with Gasteiger partial charge < -0.3 is 18.7 Å². The predicted molar refractivity (Wildman–Crippen MR) is 77.4 cm³/mol. The van der Waals surface area contributed by atoms with Gasteiger partial charge in [0, 0.05) is 12.0 Å². The third-order valence-electron chi connectivity index (χ3n) is 3.42. The monoisotopic (exact) mass is 300 g/mol. The number of nitrogens with zero attached hydrogens (tertiary/aromatic N) is 1. The van der Waals surface area contributed by atoms with Crippen LogP contribution in [0.3, 0.4) is 0 Å². The van der Waals surface area contributed by atoms with Crippen molar-refractivity contribution in [2.45, 2.75) is 26.8 Å². The second-order valence-corrected chi connectivity index (χ2v) is 5.01. The molecule has 0 radical (unpaired) electrons. The number of amides is 1. The number of aromatic nitrogens is 1. The van der Waals surface area contributed by atoms with Crippen molar-refractivity contribution < 1.29 is 18.2 Å². The van der Waals surface area contributed by atoms with Crippen LogP contribution in [0.4, 0.5) is 0 Å². The van der Waals surface area contributed by atoms with Crippen LogP contribution in [0.5, 0.6) is 0 Å². The summed E-state index contributed by atoms with van der Waals surface area (Å²) in [4.78, 5) is 12.0. The standard InChI is InChI=1S/C16H16N2O4/c1-10-14(11(2)22-18-10)8-12-5-6-15(21-12)16(19)17-9-13-4-3-7-20-13/h3-7H,8-9H2,1-2H3,(H,17,19). The van der Waals surface area contributed by atoms with Gasteiger partial charge in [-0.3, -0.25) is 4.79 Å². The lowest BCUT2D eigenvalue weighted by molar-refractivity contribution is 0.0918. The fourth-order valence-electron chi connectivity index (χ4n) is 2.19. The molecule has 0 unspecified atom stereocenters. The summed E-state index contributed by atoms with van der Waals surface area (Å²) < 4.78 is 15.9. The third-order valence-corrected chi connectivity index (χ3v) is 3.42. The van der Waals surface area contributed by atoms with Crippen molar-refractivity contribution in [2.75, 3.05) is 0 Å². The number of aryl methyl sites for hydroxylation is 2. The molecular weight excluding hydrogens is 284 g/mol. The Morgan fingerprint density at radius 3 is 2.77 bits per heavy atom. The van der Waals surface area contributed by atoms with E-state index < -0.39 is 0 Å². The molecule has 6 heteroatoms. The molecule has 0 saturated heterocycles. The van der Waals surface area contributed by atoms with E-state index in [0.717, 1.165) is 17.0 Å². The number of rotatable bonds is 5. The van der Waals surface area contributed by atoms with Gasteiger partial charge in [0.25, 0.3) is 5.91 Å². The minimum atomic E-state index is -0.276. The molecule has 0 aromatic carbocycles. The third kappa shape index (κ3) is 2.95. The van der Waals surface area contributed by atoms with Gasteiger partial charge in [-0.15, -0.1) is 0 Å². The topological polar surface area (TPSA) is 81.4 Å². The van der Waals surface area contributed by atoms with Gasteiger partial charge in [-0.2, -0.15) is 0 Å². The van der Waals surface area contributed by atoms with Crippen LogP contribution in [0.2, 0.25) is 0 Å². The number of furan rings is 2. The van der Waals surface area contributed by atoms with E-state index in [0.29, 0.717) is 24.5 Å². The number of nitrogens with one attached hydrogen (secondary N) is 1. The highest BCUT2D eigenvalue weighted by atomic mass is 16.5. The van der Waals surface area contributed by atoms with E-state index >= 15 is 0 Å². The average Bonchev–Trinajstić information content (AvgIpc) is 3.23. The van der Waals surface area contributed by atoms with Crippen molar-refractivity contribution in [3.05, 3.63) is 64.8 Å². The Kier molecular flexibility index (Phi) is 3.82. The maximum atomic E-state index is 12.0. The molecule has 114 valence electrons. The lowest BCUT2D eigenvalue weighted by Crippen LogP contribution is -2.21. The Hall–Kier alpha value is -2.76. The van der Waals surface area contributed by atoms with E-state index in [1.54, 1.807) is 30.5 Å². The van der Waals surface area contributed by atoms with Gasteiger partial charge in [-0.05, 0) is 38.1 Å². The van der Waals surface area contributed by atoms with Gasteiger partial charge in [0.1, 0.15) is 17.3 Å². The zero-order valence-corrected chi connectivity index (χ0v) is 12.4.